The summed E-state index contributed by atoms with van der Waals surface area (Å²) in [5.74, 6) is -1.38. The molecule has 2 N–H and O–H groups in total. The van der Waals surface area contributed by atoms with Gasteiger partial charge in [0.1, 0.15) is 13.2 Å². The van der Waals surface area contributed by atoms with Gasteiger partial charge in [0.2, 0.25) is 0 Å². The third-order valence-corrected chi connectivity index (χ3v) is 2.05. The fraction of sp³-hybridized carbons (Fsp3) is 0.455. The molecule has 0 spiro atoms. The summed E-state index contributed by atoms with van der Waals surface area (Å²) in [6.07, 6.45) is 1.91. The fourth-order valence-corrected chi connectivity index (χ4v) is 0.841. The van der Waals surface area contributed by atoms with Crippen molar-refractivity contribution in [3.05, 3.63) is 25.3 Å². The van der Waals surface area contributed by atoms with Gasteiger partial charge in [-0.2, -0.15) is 0 Å². The van der Waals surface area contributed by atoms with Crippen LogP contribution >= 0.6 is 0 Å². The van der Waals surface area contributed by atoms with Gasteiger partial charge in [-0.05, 0) is 0 Å². The molecule has 17 heavy (non-hydrogen) atoms. The third kappa shape index (κ3) is 5.28. The number of hydrogen-bond acceptors (Lipinski definition) is 6. The second-order valence-electron chi connectivity index (χ2n) is 3.44. The lowest BCUT2D eigenvalue weighted by atomic mass is 9.92. The molecule has 0 rings (SSSR count). The molecule has 0 atom stereocenters. The standard InChI is InChI=1S/C11H16O6/c1-3-9(14)16-7-11(5-12,6-13)8-17-10(15)4-2/h3-4,12-13H,1-2,5-8H2. The van der Waals surface area contributed by atoms with Crippen molar-refractivity contribution >= 4 is 11.9 Å². The monoisotopic (exact) mass is 244 g/mol. The number of esters is 2. The summed E-state index contributed by atoms with van der Waals surface area (Å²) in [6.45, 7) is 4.84. The molecular formula is C11H16O6. The van der Waals surface area contributed by atoms with Crippen LogP contribution in [0.4, 0.5) is 0 Å². The first-order valence-electron chi connectivity index (χ1n) is 4.83. The molecule has 0 heterocycles. The van der Waals surface area contributed by atoms with Gasteiger partial charge in [-0.15, -0.1) is 0 Å². The largest absolute Gasteiger partial charge is 0.462 e. The average molecular weight is 244 g/mol. The van der Waals surface area contributed by atoms with Gasteiger partial charge >= 0.3 is 11.9 Å². The molecule has 0 saturated heterocycles. The number of aliphatic hydroxyl groups is 2. The highest BCUT2D eigenvalue weighted by atomic mass is 16.5. The lowest BCUT2D eigenvalue weighted by Crippen LogP contribution is -2.40. The van der Waals surface area contributed by atoms with Crippen LogP contribution in [0.3, 0.4) is 0 Å². The van der Waals surface area contributed by atoms with Gasteiger partial charge in [0.15, 0.2) is 0 Å². The minimum atomic E-state index is -1.22. The van der Waals surface area contributed by atoms with E-state index in [9.17, 15) is 9.59 Å². The van der Waals surface area contributed by atoms with Crippen molar-refractivity contribution in [2.45, 2.75) is 0 Å². The topological polar surface area (TPSA) is 93.1 Å². The Morgan fingerprint density at radius 1 is 1.00 bits per heavy atom. The highest BCUT2D eigenvalue weighted by Crippen LogP contribution is 2.17. The van der Waals surface area contributed by atoms with E-state index in [2.05, 4.69) is 13.2 Å². The van der Waals surface area contributed by atoms with E-state index < -0.39 is 30.6 Å². The van der Waals surface area contributed by atoms with Crippen molar-refractivity contribution in [2.75, 3.05) is 26.4 Å². The molecule has 6 nitrogen and oxygen atoms in total. The summed E-state index contributed by atoms with van der Waals surface area (Å²) in [4.78, 5) is 21.7. The Morgan fingerprint density at radius 3 is 1.59 bits per heavy atom. The molecule has 0 radical (unpaired) electrons. The molecule has 0 unspecified atom stereocenters. The SMILES string of the molecule is C=CC(=O)OCC(CO)(CO)COC(=O)C=C. The Labute approximate surface area is 99.1 Å². The Hall–Kier alpha value is -1.66. The summed E-state index contributed by atoms with van der Waals surface area (Å²) in [5, 5.41) is 18.3. The molecule has 0 amide bonds. The summed E-state index contributed by atoms with van der Waals surface area (Å²) < 4.78 is 9.42. The van der Waals surface area contributed by atoms with Crippen molar-refractivity contribution in [1.82, 2.24) is 0 Å². The predicted octanol–water partition coefficient (Wildman–Crippen LogP) is -0.584. The Balaban J connectivity index is 4.43. The van der Waals surface area contributed by atoms with Crippen molar-refractivity contribution in [3.8, 4) is 0 Å². The van der Waals surface area contributed by atoms with Crippen molar-refractivity contribution in [2.24, 2.45) is 5.41 Å². The van der Waals surface area contributed by atoms with Crippen LogP contribution in [0.25, 0.3) is 0 Å². The highest BCUT2D eigenvalue weighted by Gasteiger charge is 2.32. The normalized spacial score (nSPS) is 10.5. The third-order valence-electron chi connectivity index (χ3n) is 2.05. The van der Waals surface area contributed by atoms with Gasteiger partial charge in [0, 0.05) is 12.2 Å². The van der Waals surface area contributed by atoms with E-state index in [0.29, 0.717) is 0 Å². The molecule has 0 aromatic heterocycles. The summed E-state index contributed by atoms with van der Waals surface area (Å²) in [7, 11) is 0. The summed E-state index contributed by atoms with van der Waals surface area (Å²) >= 11 is 0. The number of hydrogen-bond donors (Lipinski definition) is 2. The first-order chi connectivity index (χ1) is 8.03. The van der Waals surface area contributed by atoms with E-state index in [1.54, 1.807) is 0 Å². The molecule has 0 aromatic rings. The van der Waals surface area contributed by atoms with E-state index in [4.69, 9.17) is 19.7 Å². The minimum absolute atomic E-state index is 0.282. The number of carbonyl (C=O) groups is 2. The summed E-state index contributed by atoms with van der Waals surface area (Å²) in [5.41, 5.74) is -1.22. The maximum absolute atomic E-state index is 10.9. The van der Waals surface area contributed by atoms with E-state index >= 15 is 0 Å². The summed E-state index contributed by atoms with van der Waals surface area (Å²) in [6, 6.07) is 0. The van der Waals surface area contributed by atoms with E-state index in [0.717, 1.165) is 12.2 Å². The Morgan fingerprint density at radius 2 is 1.35 bits per heavy atom. The number of carbonyl (C=O) groups excluding carboxylic acids is 2. The zero-order valence-corrected chi connectivity index (χ0v) is 9.42. The van der Waals surface area contributed by atoms with Crippen LogP contribution in [0, 0.1) is 5.41 Å². The van der Waals surface area contributed by atoms with Crippen LogP contribution in [-0.2, 0) is 19.1 Å². The van der Waals surface area contributed by atoms with Crippen LogP contribution in [0.1, 0.15) is 0 Å². The second kappa shape index (κ2) is 7.59. The van der Waals surface area contributed by atoms with E-state index in [1.807, 2.05) is 0 Å². The zero-order valence-electron chi connectivity index (χ0n) is 9.42. The molecule has 0 aliphatic carbocycles. The molecule has 0 saturated carbocycles. The maximum atomic E-state index is 10.9. The van der Waals surface area contributed by atoms with Crippen molar-refractivity contribution in [3.63, 3.8) is 0 Å². The van der Waals surface area contributed by atoms with Crippen LogP contribution < -0.4 is 0 Å². The number of rotatable bonds is 8. The lowest BCUT2D eigenvalue weighted by Gasteiger charge is -2.27. The Kier molecular flexibility index (Phi) is 6.85. The molecule has 0 aromatic carbocycles. The molecule has 0 aliphatic rings. The predicted molar refractivity (Wildman–Crippen MR) is 58.9 cm³/mol. The maximum Gasteiger partial charge on any atom is 0.330 e. The van der Waals surface area contributed by atoms with Crippen molar-refractivity contribution in [1.29, 1.82) is 0 Å². The van der Waals surface area contributed by atoms with Gasteiger partial charge in [0.25, 0.3) is 0 Å². The number of aliphatic hydroxyl groups excluding tert-OH is 2. The van der Waals surface area contributed by atoms with Crippen LogP contribution in [0.5, 0.6) is 0 Å². The molecular weight excluding hydrogens is 228 g/mol. The van der Waals surface area contributed by atoms with Crippen LogP contribution in [0.2, 0.25) is 0 Å². The first-order valence-corrected chi connectivity index (χ1v) is 4.83. The molecule has 0 bridgehead atoms. The van der Waals surface area contributed by atoms with Gasteiger partial charge in [-0.25, -0.2) is 9.59 Å². The Bertz CT molecular complexity index is 266. The van der Waals surface area contributed by atoms with E-state index in [-0.39, 0.29) is 13.2 Å². The molecule has 6 heteroatoms. The second-order valence-corrected chi connectivity index (χ2v) is 3.44. The molecule has 0 aliphatic heterocycles. The fourth-order valence-electron chi connectivity index (χ4n) is 0.841. The lowest BCUT2D eigenvalue weighted by molar-refractivity contribution is -0.152. The van der Waals surface area contributed by atoms with Crippen LogP contribution in [0.15, 0.2) is 25.3 Å². The molecule has 0 fully saturated rings. The van der Waals surface area contributed by atoms with Crippen molar-refractivity contribution < 1.29 is 29.3 Å². The van der Waals surface area contributed by atoms with Gasteiger partial charge in [-0.1, -0.05) is 13.2 Å². The average Bonchev–Trinajstić information content (AvgIpc) is 2.38. The number of ether oxygens (including phenoxy) is 2. The zero-order chi connectivity index (χ0) is 13.3. The van der Waals surface area contributed by atoms with Gasteiger partial charge < -0.3 is 19.7 Å². The molecule has 96 valence electrons. The highest BCUT2D eigenvalue weighted by molar-refractivity contribution is 5.81. The minimum Gasteiger partial charge on any atom is -0.462 e. The van der Waals surface area contributed by atoms with E-state index in [1.165, 1.54) is 0 Å². The first kappa shape index (κ1) is 15.3. The van der Waals surface area contributed by atoms with Crippen LogP contribution in [-0.4, -0.2) is 48.6 Å². The van der Waals surface area contributed by atoms with Gasteiger partial charge in [0.05, 0.1) is 18.6 Å². The van der Waals surface area contributed by atoms with Gasteiger partial charge in [-0.3, -0.25) is 0 Å². The quantitative estimate of drug-likeness (QED) is 0.438. The smallest absolute Gasteiger partial charge is 0.330 e.